The zero-order chi connectivity index (χ0) is 26.3. The number of aliphatic imine (C=N–C) groups is 1. The second-order valence-electron chi connectivity index (χ2n) is 9.50. The number of allylic oxidation sites excluding steroid dienone is 2. The molecule has 5 rings (SSSR count). The Morgan fingerprint density at radius 2 is 0.974 bits per heavy atom. The molecule has 0 unspecified atom stereocenters. The molecule has 0 N–H and O–H groups in total. The zero-order valence-corrected chi connectivity index (χ0v) is 21.9. The fourth-order valence-corrected chi connectivity index (χ4v) is 4.44. The summed E-state index contributed by atoms with van der Waals surface area (Å²) in [5.41, 5.74) is 12.1. The molecular weight excluding hydrogens is 458 g/mol. The van der Waals surface area contributed by atoms with Crippen LogP contribution in [0.3, 0.4) is 0 Å². The maximum absolute atomic E-state index is 5.08. The predicted octanol–water partition coefficient (Wildman–Crippen LogP) is 9.89. The van der Waals surface area contributed by atoms with Gasteiger partial charge in [0.1, 0.15) is 0 Å². The molecule has 1 heteroatoms. The number of aryl methyl sites for hydroxylation is 1. The molecule has 1 nitrogen and oxygen atoms in total. The van der Waals surface area contributed by atoms with Crippen molar-refractivity contribution in [1.29, 1.82) is 0 Å². The van der Waals surface area contributed by atoms with Crippen LogP contribution in [0.1, 0.15) is 29.2 Å². The summed E-state index contributed by atoms with van der Waals surface area (Å²) < 4.78 is 0. The van der Waals surface area contributed by atoms with Gasteiger partial charge in [-0.2, -0.15) is 0 Å². The van der Waals surface area contributed by atoms with E-state index in [-0.39, 0.29) is 0 Å². The monoisotopic (exact) mass is 489 g/mol. The molecule has 0 saturated carbocycles. The first-order valence-electron chi connectivity index (χ1n) is 12.9. The maximum atomic E-state index is 5.08. The molecule has 0 spiro atoms. The van der Waals surface area contributed by atoms with Gasteiger partial charge >= 0.3 is 0 Å². The van der Waals surface area contributed by atoms with E-state index in [1.54, 1.807) is 0 Å². The first kappa shape index (κ1) is 24.9. The smallest absolute Gasteiger partial charge is 0.0711 e. The van der Waals surface area contributed by atoms with Crippen LogP contribution >= 0.6 is 0 Å². The van der Waals surface area contributed by atoms with Gasteiger partial charge in [-0.15, -0.1) is 0 Å². The summed E-state index contributed by atoms with van der Waals surface area (Å²) in [6.07, 6.45) is 2.08. The molecule has 184 valence electrons. The lowest BCUT2D eigenvalue weighted by Crippen LogP contribution is -1.96. The standard InChI is InChI=1S/C37H31N/c1-27-14-16-33(17-15-27)35-24-20-31(21-25-35)29(3)38-37(36-12-8-5-9-13-36)26-28(2)30-18-22-34(23-19-30)32-10-6-4-7-11-32/h4-26H,2H2,1,3H3/b37-26-,38-29?. The van der Waals surface area contributed by atoms with Gasteiger partial charge in [0.05, 0.1) is 5.70 Å². The molecule has 0 aliphatic carbocycles. The fourth-order valence-electron chi connectivity index (χ4n) is 4.44. The van der Waals surface area contributed by atoms with Crippen molar-refractivity contribution in [2.24, 2.45) is 4.99 Å². The largest absolute Gasteiger partial charge is 0.252 e. The highest BCUT2D eigenvalue weighted by Gasteiger charge is 2.07. The van der Waals surface area contributed by atoms with Crippen LogP contribution in [0.5, 0.6) is 0 Å². The van der Waals surface area contributed by atoms with Crippen molar-refractivity contribution < 1.29 is 0 Å². The molecule has 38 heavy (non-hydrogen) atoms. The molecule has 0 bridgehead atoms. The van der Waals surface area contributed by atoms with Crippen molar-refractivity contribution in [3.63, 3.8) is 0 Å². The quantitative estimate of drug-likeness (QED) is 0.159. The molecule has 0 saturated heterocycles. The van der Waals surface area contributed by atoms with Gasteiger partial charge in [-0.3, -0.25) is 4.99 Å². The maximum Gasteiger partial charge on any atom is 0.0711 e. The lowest BCUT2D eigenvalue weighted by molar-refractivity contribution is 1.46. The third kappa shape index (κ3) is 5.96. The molecule has 0 aromatic heterocycles. The molecule has 0 aliphatic heterocycles. The Labute approximate surface area is 226 Å². The Hall–Kier alpha value is -4.75. The number of nitrogens with zero attached hydrogens (tertiary/aromatic N) is 1. The van der Waals surface area contributed by atoms with Crippen LogP contribution < -0.4 is 0 Å². The van der Waals surface area contributed by atoms with E-state index in [0.717, 1.165) is 33.7 Å². The Balaban J connectivity index is 1.43. The SMILES string of the molecule is C=C(/C=C(\N=C(C)c1ccc(-c2ccc(C)cc2)cc1)c1ccccc1)c1ccc(-c2ccccc2)cc1. The zero-order valence-electron chi connectivity index (χ0n) is 21.9. The van der Waals surface area contributed by atoms with Crippen LogP contribution in [0.2, 0.25) is 0 Å². The van der Waals surface area contributed by atoms with E-state index in [2.05, 4.69) is 136 Å². The fraction of sp³-hybridized carbons (Fsp3) is 0.0541. The minimum Gasteiger partial charge on any atom is -0.252 e. The van der Waals surface area contributed by atoms with Crippen LogP contribution in [0.15, 0.2) is 151 Å². The van der Waals surface area contributed by atoms with Crippen molar-refractivity contribution in [3.8, 4) is 22.3 Å². The van der Waals surface area contributed by atoms with Crippen LogP contribution in [0.4, 0.5) is 0 Å². The molecular formula is C37H31N. The number of hydrogen-bond donors (Lipinski definition) is 0. The molecule has 0 fully saturated rings. The van der Waals surface area contributed by atoms with Gasteiger partial charge in [-0.25, -0.2) is 0 Å². The van der Waals surface area contributed by atoms with Crippen LogP contribution in [-0.2, 0) is 0 Å². The van der Waals surface area contributed by atoms with Gasteiger partial charge in [0.25, 0.3) is 0 Å². The van der Waals surface area contributed by atoms with Gasteiger partial charge in [0.2, 0.25) is 0 Å². The number of hydrogen-bond acceptors (Lipinski definition) is 1. The van der Waals surface area contributed by atoms with Crippen molar-refractivity contribution in [2.45, 2.75) is 13.8 Å². The Morgan fingerprint density at radius 1 is 0.526 bits per heavy atom. The summed E-state index contributed by atoms with van der Waals surface area (Å²) >= 11 is 0. The third-order valence-corrected chi connectivity index (χ3v) is 6.72. The van der Waals surface area contributed by atoms with Crippen molar-refractivity contribution in [1.82, 2.24) is 0 Å². The van der Waals surface area contributed by atoms with E-state index in [1.165, 1.54) is 27.8 Å². The second-order valence-corrected chi connectivity index (χ2v) is 9.50. The highest BCUT2D eigenvalue weighted by Crippen LogP contribution is 2.27. The molecule has 5 aromatic carbocycles. The average molecular weight is 490 g/mol. The van der Waals surface area contributed by atoms with Crippen LogP contribution in [-0.4, -0.2) is 5.71 Å². The number of benzene rings is 5. The lowest BCUT2D eigenvalue weighted by atomic mass is 9.99. The van der Waals surface area contributed by atoms with Gasteiger partial charge in [-0.1, -0.05) is 146 Å². The lowest BCUT2D eigenvalue weighted by Gasteiger charge is -2.09. The Kier molecular flexibility index (Phi) is 7.57. The van der Waals surface area contributed by atoms with E-state index in [1.807, 2.05) is 24.3 Å². The van der Waals surface area contributed by atoms with Gasteiger partial charge in [0.15, 0.2) is 0 Å². The van der Waals surface area contributed by atoms with Crippen molar-refractivity contribution in [2.75, 3.05) is 0 Å². The van der Waals surface area contributed by atoms with Crippen LogP contribution in [0, 0.1) is 6.92 Å². The molecule has 0 atom stereocenters. The molecule has 0 radical (unpaired) electrons. The Morgan fingerprint density at radius 3 is 1.53 bits per heavy atom. The van der Waals surface area contributed by atoms with Crippen molar-refractivity contribution in [3.05, 3.63) is 168 Å². The summed E-state index contributed by atoms with van der Waals surface area (Å²) in [5.74, 6) is 0. The van der Waals surface area contributed by atoms with Gasteiger partial charge in [0, 0.05) is 11.3 Å². The molecule has 5 aromatic rings. The summed E-state index contributed by atoms with van der Waals surface area (Å²) in [6.45, 7) is 8.55. The summed E-state index contributed by atoms with van der Waals surface area (Å²) in [7, 11) is 0. The van der Waals surface area contributed by atoms with Crippen molar-refractivity contribution >= 4 is 17.0 Å². The molecule has 0 aliphatic rings. The minimum absolute atomic E-state index is 0.892. The average Bonchev–Trinajstić information content (AvgIpc) is 2.98. The highest BCUT2D eigenvalue weighted by molar-refractivity contribution is 6.02. The third-order valence-electron chi connectivity index (χ3n) is 6.72. The predicted molar refractivity (Wildman–Crippen MR) is 164 cm³/mol. The normalized spacial score (nSPS) is 11.8. The first-order chi connectivity index (χ1) is 18.6. The van der Waals surface area contributed by atoms with E-state index in [0.29, 0.717) is 0 Å². The van der Waals surface area contributed by atoms with E-state index in [9.17, 15) is 0 Å². The van der Waals surface area contributed by atoms with Gasteiger partial charge < -0.3 is 0 Å². The summed E-state index contributed by atoms with van der Waals surface area (Å²) in [4.78, 5) is 5.08. The van der Waals surface area contributed by atoms with E-state index >= 15 is 0 Å². The van der Waals surface area contributed by atoms with Gasteiger partial charge in [-0.05, 0) is 58.9 Å². The summed E-state index contributed by atoms with van der Waals surface area (Å²) in [6, 6.07) is 46.5. The van der Waals surface area contributed by atoms with E-state index < -0.39 is 0 Å². The first-order valence-corrected chi connectivity index (χ1v) is 12.9. The van der Waals surface area contributed by atoms with E-state index in [4.69, 9.17) is 4.99 Å². The second kappa shape index (κ2) is 11.5. The molecule has 0 heterocycles. The molecule has 0 amide bonds. The highest BCUT2D eigenvalue weighted by atomic mass is 14.8. The summed E-state index contributed by atoms with van der Waals surface area (Å²) in [5, 5.41) is 0. The van der Waals surface area contributed by atoms with Crippen LogP contribution in [0.25, 0.3) is 33.5 Å². The minimum atomic E-state index is 0.892. The number of rotatable bonds is 7. The Bertz CT molecular complexity index is 1570. The topological polar surface area (TPSA) is 12.4 Å².